The molecule has 1 aromatic rings. The first kappa shape index (κ1) is 11.9. The summed E-state index contributed by atoms with van der Waals surface area (Å²) in [6.45, 7) is 2.36. The molecule has 0 bridgehead atoms. The summed E-state index contributed by atoms with van der Waals surface area (Å²) >= 11 is 0. The van der Waals surface area contributed by atoms with Crippen LogP contribution in [0.3, 0.4) is 0 Å². The van der Waals surface area contributed by atoms with Crippen molar-refractivity contribution in [1.29, 1.82) is 0 Å². The van der Waals surface area contributed by atoms with Crippen LogP contribution < -0.4 is 10.2 Å². The van der Waals surface area contributed by atoms with Crippen LogP contribution in [0.2, 0.25) is 0 Å². The Morgan fingerprint density at radius 2 is 2.07 bits per heavy atom. The third-order valence-electron chi connectivity index (χ3n) is 1.83. The zero-order valence-electron chi connectivity index (χ0n) is 8.67. The van der Waals surface area contributed by atoms with Crippen LogP contribution in [0.1, 0.15) is 5.69 Å². The van der Waals surface area contributed by atoms with E-state index >= 15 is 0 Å². The zero-order chi connectivity index (χ0) is 11.3. The van der Waals surface area contributed by atoms with E-state index in [1.807, 2.05) is 0 Å². The first-order valence-corrected chi connectivity index (χ1v) is 4.46. The number of aromatic nitrogens is 2. The Balaban J connectivity index is 2.81. The molecule has 0 aromatic carbocycles. The molecule has 0 spiro atoms. The molecule has 1 aromatic heterocycles. The highest BCUT2D eigenvalue weighted by molar-refractivity contribution is 6.60. The maximum absolute atomic E-state index is 9.11. The van der Waals surface area contributed by atoms with Gasteiger partial charge in [0.1, 0.15) is 12.9 Å². The molecule has 15 heavy (non-hydrogen) atoms. The Bertz CT molecular complexity index is 322. The molecular formula is C8H13BN2O4. The minimum absolute atomic E-state index is 0.176. The van der Waals surface area contributed by atoms with Crippen molar-refractivity contribution in [1.82, 2.24) is 9.97 Å². The summed E-state index contributed by atoms with van der Waals surface area (Å²) in [4.78, 5) is 7.67. The Kier molecular flexibility index (Phi) is 4.48. The molecule has 1 heterocycles. The van der Waals surface area contributed by atoms with Gasteiger partial charge in [0, 0.05) is 12.8 Å². The minimum Gasteiger partial charge on any atom is -0.475 e. The Morgan fingerprint density at radius 3 is 2.67 bits per heavy atom. The quantitative estimate of drug-likeness (QED) is 0.456. The van der Waals surface area contributed by atoms with Crippen molar-refractivity contribution in [2.75, 3.05) is 20.3 Å². The van der Waals surface area contributed by atoms with E-state index in [1.54, 1.807) is 14.0 Å². The Morgan fingerprint density at radius 1 is 1.33 bits per heavy atom. The molecule has 0 radical (unpaired) electrons. The number of hydrogen-bond acceptors (Lipinski definition) is 6. The van der Waals surface area contributed by atoms with E-state index in [2.05, 4.69) is 9.97 Å². The SMILES string of the molecule is COCCOc1ncnc(C)c1B(O)O. The first-order chi connectivity index (χ1) is 7.16. The van der Waals surface area contributed by atoms with Crippen LogP contribution in [0.25, 0.3) is 0 Å². The molecule has 7 heteroatoms. The van der Waals surface area contributed by atoms with Gasteiger partial charge in [-0.2, -0.15) is 0 Å². The monoisotopic (exact) mass is 212 g/mol. The maximum atomic E-state index is 9.11. The lowest BCUT2D eigenvalue weighted by Gasteiger charge is -2.10. The van der Waals surface area contributed by atoms with E-state index in [1.165, 1.54) is 6.33 Å². The summed E-state index contributed by atoms with van der Waals surface area (Å²) in [5, 5.41) is 18.2. The number of nitrogens with zero attached hydrogens (tertiary/aromatic N) is 2. The standard InChI is InChI=1S/C8H13BN2O4/c1-6-7(9(12)13)8(11-5-10-6)15-4-3-14-2/h5,12-13H,3-4H2,1-2H3. The van der Waals surface area contributed by atoms with Gasteiger partial charge >= 0.3 is 7.12 Å². The fraction of sp³-hybridized carbons (Fsp3) is 0.500. The number of ether oxygens (including phenoxy) is 2. The Hall–Kier alpha value is -1.18. The molecule has 0 aliphatic rings. The van der Waals surface area contributed by atoms with Crippen molar-refractivity contribution in [3.8, 4) is 5.88 Å². The van der Waals surface area contributed by atoms with E-state index in [0.29, 0.717) is 18.9 Å². The molecule has 1 rings (SSSR count). The van der Waals surface area contributed by atoms with E-state index in [-0.39, 0.29) is 11.3 Å². The van der Waals surface area contributed by atoms with Gasteiger partial charge in [-0.1, -0.05) is 0 Å². The topological polar surface area (TPSA) is 84.7 Å². The van der Waals surface area contributed by atoms with Crippen LogP contribution in [-0.2, 0) is 4.74 Å². The van der Waals surface area contributed by atoms with Crippen LogP contribution in [0.5, 0.6) is 5.88 Å². The normalized spacial score (nSPS) is 10.1. The highest BCUT2D eigenvalue weighted by Gasteiger charge is 2.21. The highest BCUT2D eigenvalue weighted by Crippen LogP contribution is 2.03. The summed E-state index contributed by atoms with van der Waals surface area (Å²) in [5.74, 6) is 0.176. The molecular weight excluding hydrogens is 199 g/mol. The summed E-state index contributed by atoms with van der Waals surface area (Å²) < 4.78 is 10.0. The summed E-state index contributed by atoms with van der Waals surface area (Å²) in [6.07, 6.45) is 1.31. The van der Waals surface area contributed by atoms with Crippen LogP contribution in [-0.4, -0.2) is 47.5 Å². The second-order valence-electron chi connectivity index (χ2n) is 2.89. The molecule has 0 atom stereocenters. The molecule has 6 nitrogen and oxygen atoms in total. The molecule has 0 aliphatic heterocycles. The molecule has 0 amide bonds. The third-order valence-corrected chi connectivity index (χ3v) is 1.83. The number of methoxy groups -OCH3 is 1. The zero-order valence-corrected chi connectivity index (χ0v) is 8.67. The molecule has 0 fully saturated rings. The third kappa shape index (κ3) is 3.16. The largest absolute Gasteiger partial charge is 0.495 e. The average Bonchev–Trinajstić information content (AvgIpc) is 2.17. The van der Waals surface area contributed by atoms with Crippen molar-refractivity contribution >= 4 is 12.6 Å². The van der Waals surface area contributed by atoms with Crippen molar-refractivity contribution in [2.45, 2.75) is 6.92 Å². The number of hydrogen-bond donors (Lipinski definition) is 2. The van der Waals surface area contributed by atoms with Gasteiger partial charge in [0.15, 0.2) is 0 Å². The second kappa shape index (κ2) is 5.64. The van der Waals surface area contributed by atoms with Crippen LogP contribution in [0, 0.1) is 6.92 Å². The van der Waals surface area contributed by atoms with Crippen LogP contribution in [0.4, 0.5) is 0 Å². The predicted octanol–water partition coefficient (Wildman–Crippen LogP) is -1.51. The van der Waals surface area contributed by atoms with Crippen molar-refractivity contribution in [3.05, 3.63) is 12.0 Å². The second-order valence-corrected chi connectivity index (χ2v) is 2.89. The smallest absolute Gasteiger partial charge is 0.475 e. The lowest BCUT2D eigenvalue weighted by atomic mass is 9.79. The molecule has 0 saturated heterocycles. The molecule has 0 aliphatic carbocycles. The molecule has 2 N–H and O–H groups in total. The van der Waals surface area contributed by atoms with Gasteiger partial charge in [-0.25, -0.2) is 9.97 Å². The van der Waals surface area contributed by atoms with Crippen LogP contribution >= 0.6 is 0 Å². The summed E-state index contributed by atoms with van der Waals surface area (Å²) in [6, 6.07) is 0. The summed E-state index contributed by atoms with van der Waals surface area (Å²) in [7, 11) is -0.0834. The van der Waals surface area contributed by atoms with Gasteiger partial charge in [-0.05, 0) is 6.92 Å². The van der Waals surface area contributed by atoms with Gasteiger partial charge in [-0.15, -0.1) is 0 Å². The van der Waals surface area contributed by atoms with Crippen molar-refractivity contribution in [3.63, 3.8) is 0 Å². The van der Waals surface area contributed by atoms with Crippen molar-refractivity contribution < 1.29 is 19.5 Å². The lowest BCUT2D eigenvalue weighted by Crippen LogP contribution is -2.35. The van der Waals surface area contributed by atoms with Gasteiger partial charge in [0.25, 0.3) is 0 Å². The lowest BCUT2D eigenvalue weighted by molar-refractivity contribution is 0.144. The number of rotatable bonds is 5. The van der Waals surface area contributed by atoms with Crippen LogP contribution in [0.15, 0.2) is 6.33 Å². The molecule has 0 saturated carbocycles. The summed E-state index contributed by atoms with van der Waals surface area (Å²) in [5.41, 5.74) is 0.668. The van der Waals surface area contributed by atoms with Crippen molar-refractivity contribution in [2.24, 2.45) is 0 Å². The van der Waals surface area contributed by atoms with E-state index in [4.69, 9.17) is 19.5 Å². The minimum atomic E-state index is -1.64. The Labute approximate surface area is 88.0 Å². The predicted molar refractivity (Wildman–Crippen MR) is 54.0 cm³/mol. The fourth-order valence-electron chi connectivity index (χ4n) is 1.10. The average molecular weight is 212 g/mol. The van der Waals surface area contributed by atoms with Gasteiger partial charge in [0.05, 0.1) is 12.1 Å². The van der Waals surface area contributed by atoms with Gasteiger partial charge in [-0.3, -0.25) is 0 Å². The fourth-order valence-corrected chi connectivity index (χ4v) is 1.10. The van der Waals surface area contributed by atoms with E-state index in [0.717, 1.165) is 0 Å². The first-order valence-electron chi connectivity index (χ1n) is 4.46. The molecule has 0 unspecified atom stereocenters. The number of aryl methyl sites for hydroxylation is 1. The maximum Gasteiger partial charge on any atom is 0.495 e. The van der Waals surface area contributed by atoms with Gasteiger partial charge < -0.3 is 19.5 Å². The highest BCUT2D eigenvalue weighted by atomic mass is 16.5. The molecule has 82 valence electrons. The van der Waals surface area contributed by atoms with E-state index < -0.39 is 7.12 Å². The van der Waals surface area contributed by atoms with Gasteiger partial charge in [0.2, 0.25) is 5.88 Å². The van der Waals surface area contributed by atoms with E-state index in [9.17, 15) is 0 Å².